The SMILES string of the molecule is O=C(NN1C(=O)C(=Cc2ccc(F)cc2)SC1=S)c1cccc(Cl)c1. The fraction of sp³-hybridized carbons (Fsp3) is 0. The largest absolute Gasteiger partial charge is 0.285 e. The molecule has 0 saturated carbocycles. The van der Waals surface area contributed by atoms with Crippen molar-refractivity contribution in [3.8, 4) is 0 Å². The highest BCUT2D eigenvalue weighted by atomic mass is 35.5. The first-order chi connectivity index (χ1) is 11.9. The average Bonchev–Trinajstić information content (AvgIpc) is 2.84. The number of carbonyl (C=O) groups is 2. The molecule has 0 unspecified atom stereocenters. The Kier molecular flexibility index (Phi) is 5.17. The van der Waals surface area contributed by atoms with Gasteiger partial charge in [0.2, 0.25) is 0 Å². The molecule has 4 nitrogen and oxygen atoms in total. The standard InChI is InChI=1S/C17H10ClFN2O2S2/c18-12-3-1-2-11(9-12)15(22)20-21-16(23)14(25-17(21)24)8-10-4-6-13(19)7-5-10/h1-9H,(H,20,22). The van der Waals surface area contributed by atoms with E-state index in [0.29, 0.717) is 21.1 Å². The fourth-order valence-electron chi connectivity index (χ4n) is 2.07. The van der Waals surface area contributed by atoms with Gasteiger partial charge in [-0.05, 0) is 54.2 Å². The van der Waals surface area contributed by atoms with E-state index >= 15 is 0 Å². The summed E-state index contributed by atoms with van der Waals surface area (Å²) in [7, 11) is 0. The third kappa shape index (κ3) is 4.07. The Labute approximate surface area is 157 Å². The number of thioether (sulfide) groups is 1. The van der Waals surface area contributed by atoms with Crippen molar-refractivity contribution >= 4 is 57.8 Å². The smallest absolute Gasteiger partial charge is 0.267 e. The van der Waals surface area contributed by atoms with E-state index in [2.05, 4.69) is 5.43 Å². The van der Waals surface area contributed by atoms with Crippen molar-refractivity contribution in [3.63, 3.8) is 0 Å². The molecule has 1 N–H and O–H groups in total. The van der Waals surface area contributed by atoms with Crippen LogP contribution in [0.4, 0.5) is 4.39 Å². The summed E-state index contributed by atoms with van der Waals surface area (Å²) in [5.41, 5.74) is 3.44. The summed E-state index contributed by atoms with van der Waals surface area (Å²) < 4.78 is 13.2. The number of amides is 2. The Bertz CT molecular complexity index is 900. The summed E-state index contributed by atoms with van der Waals surface area (Å²) in [6.45, 7) is 0. The normalized spacial score (nSPS) is 15.8. The molecule has 2 aromatic carbocycles. The Morgan fingerprint density at radius 3 is 2.64 bits per heavy atom. The van der Waals surface area contributed by atoms with E-state index in [9.17, 15) is 14.0 Å². The Morgan fingerprint density at radius 2 is 1.96 bits per heavy atom. The van der Waals surface area contributed by atoms with Gasteiger partial charge in [0.25, 0.3) is 11.8 Å². The second-order valence-electron chi connectivity index (χ2n) is 5.02. The van der Waals surface area contributed by atoms with Gasteiger partial charge in [-0.15, -0.1) is 0 Å². The predicted molar refractivity (Wildman–Crippen MR) is 100 cm³/mol. The maximum Gasteiger partial charge on any atom is 0.285 e. The number of halogens is 2. The van der Waals surface area contributed by atoms with Gasteiger partial charge >= 0.3 is 0 Å². The zero-order chi connectivity index (χ0) is 18.0. The van der Waals surface area contributed by atoms with Crippen molar-refractivity contribution in [3.05, 3.63) is 75.4 Å². The molecule has 2 amide bonds. The average molecular weight is 393 g/mol. The van der Waals surface area contributed by atoms with Crippen LogP contribution in [0.15, 0.2) is 53.4 Å². The highest BCUT2D eigenvalue weighted by Gasteiger charge is 2.33. The second-order valence-corrected chi connectivity index (χ2v) is 7.13. The lowest BCUT2D eigenvalue weighted by Gasteiger charge is -2.15. The summed E-state index contributed by atoms with van der Waals surface area (Å²) in [6, 6.07) is 12.0. The first-order valence-electron chi connectivity index (χ1n) is 7.04. The maximum atomic E-state index is 13.0. The number of hydrogen-bond acceptors (Lipinski definition) is 4. The number of hydrazine groups is 1. The number of nitrogens with zero attached hydrogens (tertiary/aromatic N) is 1. The van der Waals surface area contributed by atoms with Crippen LogP contribution < -0.4 is 5.43 Å². The van der Waals surface area contributed by atoms with Crippen LogP contribution >= 0.6 is 35.6 Å². The van der Waals surface area contributed by atoms with Crippen LogP contribution in [0.1, 0.15) is 15.9 Å². The number of hydrogen-bond donors (Lipinski definition) is 1. The number of nitrogens with one attached hydrogen (secondary N) is 1. The van der Waals surface area contributed by atoms with Crippen LogP contribution in [0.5, 0.6) is 0 Å². The molecule has 3 rings (SSSR count). The molecule has 2 aromatic rings. The summed E-state index contributed by atoms with van der Waals surface area (Å²) in [4.78, 5) is 25.0. The number of rotatable bonds is 3. The molecule has 8 heteroatoms. The summed E-state index contributed by atoms with van der Waals surface area (Å²) in [5, 5.41) is 1.42. The van der Waals surface area contributed by atoms with Gasteiger partial charge in [-0.1, -0.05) is 41.6 Å². The minimum absolute atomic E-state index is 0.203. The minimum Gasteiger partial charge on any atom is -0.267 e. The van der Waals surface area contributed by atoms with Crippen LogP contribution in [0.3, 0.4) is 0 Å². The summed E-state index contributed by atoms with van der Waals surface area (Å²) >= 11 is 12.1. The molecule has 0 bridgehead atoms. The Morgan fingerprint density at radius 1 is 1.24 bits per heavy atom. The molecule has 1 fully saturated rings. The van der Waals surface area contributed by atoms with E-state index in [4.69, 9.17) is 23.8 Å². The van der Waals surface area contributed by atoms with Crippen molar-refractivity contribution in [2.24, 2.45) is 0 Å². The predicted octanol–water partition coefficient (Wildman–Crippen LogP) is 4.03. The van der Waals surface area contributed by atoms with Gasteiger partial charge in [0.1, 0.15) is 5.82 Å². The molecule has 126 valence electrons. The van der Waals surface area contributed by atoms with Crippen LogP contribution in [-0.4, -0.2) is 21.1 Å². The highest BCUT2D eigenvalue weighted by molar-refractivity contribution is 8.26. The van der Waals surface area contributed by atoms with Crippen LogP contribution in [-0.2, 0) is 4.79 Å². The fourth-order valence-corrected chi connectivity index (χ4v) is 3.44. The molecular weight excluding hydrogens is 383 g/mol. The van der Waals surface area contributed by atoms with Crippen molar-refractivity contribution in [1.82, 2.24) is 10.4 Å². The first-order valence-corrected chi connectivity index (χ1v) is 8.64. The first kappa shape index (κ1) is 17.6. The summed E-state index contributed by atoms with van der Waals surface area (Å²) in [5.74, 6) is -1.31. The van der Waals surface area contributed by atoms with E-state index in [-0.39, 0.29) is 10.1 Å². The third-order valence-corrected chi connectivity index (χ3v) is 4.80. The molecule has 0 atom stereocenters. The molecule has 0 spiro atoms. The molecule has 1 saturated heterocycles. The minimum atomic E-state index is -0.498. The maximum absolute atomic E-state index is 13.0. The van der Waals surface area contributed by atoms with Crippen molar-refractivity contribution in [2.45, 2.75) is 0 Å². The number of benzene rings is 2. The van der Waals surface area contributed by atoms with E-state index < -0.39 is 11.8 Å². The van der Waals surface area contributed by atoms with E-state index in [1.165, 1.54) is 18.2 Å². The monoisotopic (exact) mass is 392 g/mol. The van der Waals surface area contributed by atoms with Gasteiger partial charge < -0.3 is 0 Å². The molecule has 0 radical (unpaired) electrons. The van der Waals surface area contributed by atoms with Crippen molar-refractivity contribution in [1.29, 1.82) is 0 Å². The van der Waals surface area contributed by atoms with E-state index in [1.54, 1.807) is 36.4 Å². The summed E-state index contributed by atoms with van der Waals surface area (Å²) in [6.07, 6.45) is 1.59. The van der Waals surface area contributed by atoms with Crippen LogP contribution in [0.2, 0.25) is 5.02 Å². The molecule has 1 aliphatic rings. The molecular formula is C17H10ClFN2O2S2. The second kappa shape index (κ2) is 7.35. The number of carbonyl (C=O) groups excluding carboxylic acids is 2. The van der Waals surface area contributed by atoms with Gasteiger partial charge in [-0.2, -0.15) is 5.01 Å². The van der Waals surface area contributed by atoms with E-state index in [1.807, 2.05) is 0 Å². The molecule has 1 aliphatic heterocycles. The van der Waals surface area contributed by atoms with Crippen molar-refractivity contribution < 1.29 is 14.0 Å². The van der Waals surface area contributed by atoms with Gasteiger partial charge in [-0.25, -0.2) is 4.39 Å². The number of thiocarbonyl (C=S) groups is 1. The zero-order valence-corrected chi connectivity index (χ0v) is 14.9. The Balaban J connectivity index is 1.77. The van der Waals surface area contributed by atoms with Gasteiger partial charge in [0.05, 0.1) is 4.91 Å². The molecule has 0 aliphatic carbocycles. The third-order valence-electron chi connectivity index (χ3n) is 3.26. The highest BCUT2D eigenvalue weighted by Crippen LogP contribution is 2.31. The molecule has 25 heavy (non-hydrogen) atoms. The van der Waals surface area contributed by atoms with Gasteiger partial charge in [-0.3, -0.25) is 15.0 Å². The lowest BCUT2D eigenvalue weighted by Crippen LogP contribution is -2.44. The van der Waals surface area contributed by atoms with Crippen LogP contribution in [0.25, 0.3) is 6.08 Å². The lowest BCUT2D eigenvalue weighted by molar-refractivity contribution is -0.123. The lowest BCUT2D eigenvalue weighted by atomic mass is 10.2. The van der Waals surface area contributed by atoms with Crippen molar-refractivity contribution in [2.75, 3.05) is 0 Å². The van der Waals surface area contributed by atoms with E-state index in [0.717, 1.165) is 16.8 Å². The Hall–Kier alpha value is -2.22. The molecule has 0 aromatic heterocycles. The molecule has 1 heterocycles. The quantitative estimate of drug-likeness (QED) is 0.633. The topological polar surface area (TPSA) is 49.4 Å². The van der Waals surface area contributed by atoms with Gasteiger partial charge in [0, 0.05) is 10.6 Å². The zero-order valence-electron chi connectivity index (χ0n) is 12.5. The van der Waals surface area contributed by atoms with Crippen LogP contribution in [0, 0.1) is 5.82 Å². The van der Waals surface area contributed by atoms with Gasteiger partial charge in [0.15, 0.2) is 4.32 Å².